The van der Waals surface area contributed by atoms with E-state index in [-0.39, 0.29) is 16.1 Å². The van der Waals surface area contributed by atoms with Crippen molar-refractivity contribution in [3.8, 4) is 0 Å². The van der Waals surface area contributed by atoms with Crippen LogP contribution in [-0.2, 0) is 10.0 Å². The van der Waals surface area contributed by atoms with E-state index in [9.17, 15) is 12.8 Å². The molecule has 1 aromatic carbocycles. The van der Waals surface area contributed by atoms with Gasteiger partial charge in [0, 0.05) is 6.54 Å². The molecule has 102 valence electrons. The summed E-state index contributed by atoms with van der Waals surface area (Å²) >= 11 is 0. The van der Waals surface area contributed by atoms with E-state index < -0.39 is 15.8 Å². The highest BCUT2D eigenvalue weighted by atomic mass is 32.2. The second kappa shape index (κ2) is 5.67. The zero-order valence-corrected chi connectivity index (χ0v) is 11.6. The molecule has 0 saturated heterocycles. The molecule has 0 fully saturated rings. The van der Waals surface area contributed by atoms with Gasteiger partial charge in [0.25, 0.3) is 0 Å². The van der Waals surface area contributed by atoms with Gasteiger partial charge in [-0.15, -0.1) is 0 Å². The lowest BCUT2D eigenvalue weighted by atomic mass is 10.1. The molecule has 3 N–H and O–H groups in total. The lowest BCUT2D eigenvalue weighted by Gasteiger charge is -2.10. The van der Waals surface area contributed by atoms with E-state index in [4.69, 9.17) is 5.73 Å². The van der Waals surface area contributed by atoms with Crippen LogP contribution in [0.5, 0.6) is 0 Å². The van der Waals surface area contributed by atoms with Gasteiger partial charge in [-0.1, -0.05) is 13.8 Å². The number of nitrogen functional groups attached to an aromatic ring is 1. The summed E-state index contributed by atoms with van der Waals surface area (Å²) in [7, 11) is -3.61. The van der Waals surface area contributed by atoms with Crippen LogP contribution in [0.3, 0.4) is 0 Å². The van der Waals surface area contributed by atoms with Crippen molar-refractivity contribution in [1.29, 1.82) is 0 Å². The molecule has 0 bridgehead atoms. The Morgan fingerprint density at radius 3 is 2.50 bits per heavy atom. The van der Waals surface area contributed by atoms with Crippen LogP contribution in [0.2, 0.25) is 0 Å². The third-order valence-electron chi connectivity index (χ3n) is 2.58. The van der Waals surface area contributed by atoms with Crippen LogP contribution >= 0.6 is 0 Å². The van der Waals surface area contributed by atoms with E-state index in [1.807, 2.05) is 13.8 Å². The fourth-order valence-corrected chi connectivity index (χ4v) is 2.65. The highest BCUT2D eigenvalue weighted by Gasteiger charge is 2.16. The standard InChI is InChI=1S/C12H19FN2O2S/c1-8(2)4-5-15-18(16,17)10-6-9(3)12(13)11(14)7-10/h6-8,15H,4-5,14H2,1-3H3. The molecule has 1 rings (SSSR count). The normalized spacial score (nSPS) is 12.1. The van der Waals surface area contributed by atoms with Gasteiger partial charge < -0.3 is 5.73 Å². The van der Waals surface area contributed by atoms with Crippen molar-refractivity contribution in [3.05, 3.63) is 23.5 Å². The topological polar surface area (TPSA) is 72.2 Å². The molecule has 0 atom stereocenters. The Kier molecular flexibility index (Phi) is 4.70. The van der Waals surface area contributed by atoms with E-state index >= 15 is 0 Å². The number of nitrogens with two attached hydrogens (primary N) is 1. The van der Waals surface area contributed by atoms with Crippen LogP contribution in [0.25, 0.3) is 0 Å². The third-order valence-corrected chi connectivity index (χ3v) is 4.02. The highest BCUT2D eigenvalue weighted by molar-refractivity contribution is 7.89. The highest BCUT2D eigenvalue weighted by Crippen LogP contribution is 2.20. The molecule has 18 heavy (non-hydrogen) atoms. The van der Waals surface area contributed by atoms with Crippen LogP contribution in [0.1, 0.15) is 25.8 Å². The maximum absolute atomic E-state index is 13.3. The second-order valence-electron chi connectivity index (χ2n) is 4.72. The summed E-state index contributed by atoms with van der Waals surface area (Å²) in [5.74, 6) is -0.163. The van der Waals surface area contributed by atoms with E-state index in [0.717, 1.165) is 12.5 Å². The van der Waals surface area contributed by atoms with Gasteiger partial charge in [-0.2, -0.15) is 0 Å². The van der Waals surface area contributed by atoms with E-state index in [1.165, 1.54) is 13.0 Å². The van der Waals surface area contributed by atoms with Crippen molar-refractivity contribution in [2.24, 2.45) is 5.92 Å². The van der Waals surface area contributed by atoms with Gasteiger partial charge in [0.15, 0.2) is 0 Å². The SMILES string of the molecule is Cc1cc(S(=O)(=O)NCCC(C)C)cc(N)c1F. The average molecular weight is 274 g/mol. The first kappa shape index (κ1) is 14.9. The van der Waals surface area contributed by atoms with Crippen molar-refractivity contribution >= 4 is 15.7 Å². The summed E-state index contributed by atoms with van der Waals surface area (Å²) < 4.78 is 39.7. The Hall–Kier alpha value is -1.14. The predicted octanol–water partition coefficient (Wildman–Crippen LogP) is 2.04. The number of benzene rings is 1. The fraction of sp³-hybridized carbons (Fsp3) is 0.500. The van der Waals surface area contributed by atoms with Gasteiger partial charge in [-0.25, -0.2) is 17.5 Å². The monoisotopic (exact) mass is 274 g/mol. The van der Waals surface area contributed by atoms with Crippen LogP contribution < -0.4 is 10.5 Å². The number of halogens is 1. The second-order valence-corrected chi connectivity index (χ2v) is 6.49. The molecular formula is C12H19FN2O2S. The fourth-order valence-electron chi connectivity index (χ4n) is 1.48. The van der Waals surface area contributed by atoms with Crippen LogP contribution in [0.15, 0.2) is 17.0 Å². The molecule has 0 aromatic heterocycles. The molecule has 0 radical (unpaired) electrons. The molecule has 4 nitrogen and oxygen atoms in total. The van der Waals surface area contributed by atoms with Crippen molar-refractivity contribution in [3.63, 3.8) is 0 Å². The lowest BCUT2D eigenvalue weighted by Crippen LogP contribution is -2.26. The minimum absolute atomic E-state index is 0.00246. The maximum atomic E-state index is 13.3. The number of nitrogens with one attached hydrogen (secondary N) is 1. The third kappa shape index (κ3) is 3.68. The van der Waals surface area contributed by atoms with Gasteiger partial charge in [0.05, 0.1) is 10.6 Å². The van der Waals surface area contributed by atoms with E-state index in [1.54, 1.807) is 0 Å². The molecule has 0 aliphatic rings. The first-order chi connectivity index (χ1) is 8.24. The Morgan fingerprint density at radius 1 is 1.39 bits per heavy atom. The largest absolute Gasteiger partial charge is 0.396 e. The van der Waals surface area contributed by atoms with Crippen molar-refractivity contribution in [1.82, 2.24) is 4.72 Å². The van der Waals surface area contributed by atoms with Crippen LogP contribution in [-0.4, -0.2) is 15.0 Å². The maximum Gasteiger partial charge on any atom is 0.240 e. The van der Waals surface area contributed by atoms with Crippen LogP contribution in [0, 0.1) is 18.7 Å². The van der Waals surface area contributed by atoms with Gasteiger partial charge in [-0.3, -0.25) is 0 Å². The minimum Gasteiger partial charge on any atom is -0.396 e. The van der Waals surface area contributed by atoms with Gasteiger partial charge in [0.2, 0.25) is 10.0 Å². The lowest BCUT2D eigenvalue weighted by molar-refractivity contribution is 0.551. The number of hydrogen-bond acceptors (Lipinski definition) is 3. The zero-order valence-electron chi connectivity index (χ0n) is 10.8. The molecule has 0 spiro atoms. The molecular weight excluding hydrogens is 255 g/mol. The molecule has 0 aliphatic heterocycles. The van der Waals surface area contributed by atoms with Crippen LogP contribution in [0.4, 0.5) is 10.1 Å². The van der Waals surface area contributed by atoms with E-state index in [2.05, 4.69) is 4.72 Å². The molecule has 0 heterocycles. The predicted molar refractivity (Wildman–Crippen MR) is 70.2 cm³/mol. The summed E-state index contributed by atoms with van der Waals surface area (Å²) in [5, 5.41) is 0. The summed E-state index contributed by atoms with van der Waals surface area (Å²) in [4.78, 5) is 0.00246. The Balaban J connectivity index is 2.92. The summed E-state index contributed by atoms with van der Waals surface area (Å²) in [6.07, 6.45) is 0.745. The number of anilines is 1. The first-order valence-corrected chi connectivity index (χ1v) is 7.27. The Morgan fingerprint density at radius 2 is 2.00 bits per heavy atom. The number of aryl methyl sites for hydroxylation is 1. The summed E-state index contributed by atoms with van der Waals surface area (Å²) in [6, 6.07) is 2.42. The first-order valence-electron chi connectivity index (χ1n) is 5.79. The average Bonchev–Trinajstić information content (AvgIpc) is 2.24. The summed E-state index contributed by atoms with van der Waals surface area (Å²) in [5.41, 5.74) is 5.50. The van der Waals surface area contributed by atoms with E-state index in [0.29, 0.717) is 12.5 Å². The van der Waals surface area contributed by atoms with Crippen molar-refractivity contribution in [2.45, 2.75) is 32.1 Å². The van der Waals surface area contributed by atoms with Crippen molar-refractivity contribution < 1.29 is 12.8 Å². The Labute approximate surface area is 107 Å². The van der Waals surface area contributed by atoms with Gasteiger partial charge >= 0.3 is 0 Å². The quantitative estimate of drug-likeness (QED) is 0.807. The molecule has 0 saturated carbocycles. The van der Waals surface area contributed by atoms with Crippen molar-refractivity contribution in [2.75, 3.05) is 12.3 Å². The number of rotatable bonds is 5. The smallest absolute Gasteiger partial charge is 0.240 e. The number of hydrogen-bond donors (Lipinski definition) is 2. The Bertz CT molecular complexity index is 504. The molecule has 0 amide bonds. The molecule has 0 unspecified atom stereocenters. The van der Waals surface area contributed by atoms with Gasteiger partial charge in [0.1, 0.15) is 5.82 Å². The summed E-state index contributed by atoms with van der Waals surface area (Å²) in [6.45, 7) is 5.86. The molecule has 0 aliphatic carbocycles. The zero-order chi connectivity index (χ0) is 13.9. The minimum atomic E-state index is -3.61. The molecule has 1 aromatic rings. The molecule has 6 heteroatoms. The number of sulfonamides is 1. The van der Waals surface area contributed by atoms with Gasteiger partial charge in [-0.05, 0) is 37.0 Å².